The molecule has 0 aromatic carbocycles. The minimum absolute atomic E-state index is 0.516. The molecule has 0 spiro atoms. The fourth-order valence-electron chi connectivity index (χ4n) is 19.4. The zero-order valence-electron chi connectivity index (χ0n) is 69.9. The molecular weight excluding hydrogens is 1080 g/mol. The summed E-state index contributed by atoms with van der Waals surface area (Å²) < 4.78 is 0. The lowest BCUT2D eigenvalue weighted by Crippen LogP contribution is -2.42. The predicted octanol–water partition coefficient (Wildman–Crippen LogP) is 31.1. The number of rotatable bonds is 15. The van der Waals surface area contributed by atoms with E-state index in [-0.39, 0.29) is 0 Å². The summed E-state index contributed by atoms with van der Waals surface area (Å²) in [5.74, 6) is 18.2. The summed E-state index contributed by atoms with van der Waals surface area (Å²) in [7, 11) is 0. The van der Waals surface area contributed by atoms with Gasteiger partial charge in [0.05, 0.1) is 0 Å². The molecule has 0 aromatic rings. The third kappa shape index (κ3) is 24.8. The van der Waals surface area contributed by atoms with E-state index in [0.717, 1.165) is 118 Å². The van der Waals surface area contributed by atoms with Crippen molar-refractivity contribution in [1.82, 2.24) is 0 Å². The summed E-state index contributed by atoms with van der Waals surface area (Å²) in [5.41, 5.74) is 4.44. The molecule has 7 rings (SSSR count). The predicted molar refractivity (Wildman–Crippen MR) is 414 cm³/mol. The second-order valence-electron chi connectivity index (χ2n) is 40.8. The van der Waals surface area contributed by atoms with Crippen molar-refractivity contribution >= 4 is 0 Å². The molecule has 7 aliphatic carbocycles. The van der Waals surface area contributed by atoms with Crippen LogP contribution in [0.4, 0.5) is 0 Å². The Hall–Kier alpha value is 0. The monoisotopic (exact) mass is 1260 g/mol. The minimum atomic E-state index is 0.516. The molecule has 0 heterocycles. The molecule has 0 saturated heterocycles. The summed E-state index contributed by atoms with van der Waals surface area (Å²) in [5, 5.41) is 0. The Kier molecular flexibility index (Phi) is 37.5. The quantitative estimate of drug-likeness (QED) is 0.153. The number of hydrogen-bond acceptors (Lipinski definition) is 0. The van der Waals surface area contributed by atoms with E-state index in [1.807, 2.05) is 0 Å². The van der Waals surface area contributed by atoms with Crippen molar-refractivity contribution in [2.75, 3.05) is 0 Å². The van der Waals surface area contributed by atoms with Gasteiger partial charge in [-0.15, -0.1) is 0 Å². The van der Waals surface area contributed by atoms with Gasteiger partial charge in [-0.2, -0.15) is 0 Å². The summed E-state index contributed by atoms with van der Waals surface area (Å²) in [6.45, 7) is 87.1. The van der Waals surface area contributed by atoms with Crippen LogP contribution >= 0.6 is 0 Å². The molecule has 11 unspecified atom stereocenters. The zero-order chi connectivity index (χ0) is 69.9. The van der Waals surface area contributed by atoms with Gasteiger partial charge in [0.1, 0.15) is 0 Å². The molecule has 0 amide bonds. The van der Waals surface area contributed by atoms with Gasteiger partial charge in [0, 0.05) is 0 Å². The lowest BCUT2D eigenvalue weighted by Gasteiger charge is -2.51. The molecule has 0 radical (unpaired) electrons. The van der Waals surface area contributed by atoms with E-state index < -0.39 is 0 Å². The van der Waals surface area contributed by atoms with Gasteiger partial charge in [0.2, 0.25) is 0 Å². The maximum atomic E-state index is 2.49. The first kappa shape index (κ1) is 88.0. The molecule has 0 aromatic heterocycles. The fraction of sp³-hybridized carbons (Fsp3) is 1.00. The van der Waals surface area contributed by atoms with Crippen LogP contribution in [0, 0.1) is 162 Å². The van der Waals surface area contributed by atoms with Crippen LogP contribution in [0.15, 0.2) is 0 Å². The van der Waals surface area contributed by atoms with Crippen molar-refractivity contribution in [3.8, 4) is 0 Å². The highest BCUT2D eigenvalue weighted by molar-refractivity contribution is 4.96. The van der Waals surface area contributed by atoms with Crippen LogP contribution in [0.25, 0.3) is 0 Å². The maximum absolute atomic E-state index is 2.49. The fourth-order valence-corrected chi connectivity index (χ4v) is 19.4. The molecule has 11 atom stereocenters. The van der Waals surface area contributed by atoms with Crippen LogP contribution < -0.4 is 0 Å². The Balaban J connectivity index is 0.000000525. The van der Waals surface area contributed by atoms with Crippen molar-refractivity contribution in [2.45, 2.75) is 416 Å². The van der Waals surface area contributed by atoms with Crippen molar-refractivity contribution in [3.63, 3.8) is 0 Å². The molecular formula is C90H180. The molecule has 0 nitrogen and oxygen atoms in total. The molecule has 0 aliphatic heterocycles. The van der Waals surface area contributed by atoms with E-state index in [1.165, 1.54) is 167 Å². The van der Waals surface area contributed by atoms with Crippen LogP contribution in [0.3, 0.4) is 0 Å². The van der Waals surface area contributed by atoms with E-state index in [4.69, 9.17) is 0 Å². The Morgan fingerprint density at radius 1 is 0.278 bits per heavy atom. The number of hydrogen-bond donors (Lipinski definition) is 0. The molecule has 7 fully saturated rings. The highest BCUT2D eigenvalue weighted by Gasteiger charge is 2.47. The first-order chi connectivity index (χ1) is 41.1. The summed E-state index contributed by atoms with van der Waals surface area (Å²) in [4.78, 5) is 0. The van der Waals surface area contributed by atoms with Gasteiger partial charge in [0.25, 0.3) is 0 Å². The topological polar surface area (TPSA) is 0 Å². The van der Waals surface area contributed by atoms with Gasteiger partial charge in [0.15, 0.2) is 0 Å². The molecule has 7 aliphatic rings. The Labute approximate surface area is 574 Å². The highest BCUT2D eigenvalue weighted by Crippen LogP contribution is 2.56. The van der Waals surface area contributed by atoms with Crippen LogP contribution in [0.5, 0.6) is 0 Å². The Bertz CT molecular complexity index is 1780. The van der Waals surface area contributed by atoms with Gasteiger partial charge in [-0.3, -0.25) is 0 Å². The average molecular weight is 1260 g/mol. The standard InChI is InChI=1S/C14H28.4C13H26.2C12H24/c1-6-14(10-8-7-9-11-14)13(4,5)12(2)3;1-9(2)13(5,6)12-8-7-10(3)11(12)4;1-10(2)13(4,5)12-8-6-11(3)7-9-12;1-10(2)13(4,5)12-8-6-7-11(3)9-12;1-10(2)13(4,5)12-9-7-6-8-11(12)3;2*1-9(2)12(4,5)11-8-6-7-10(11)3/h12H,6-11H2,1-5H3;9-12H,7-8H2,1-6H3;3*10-12H,6-9H2,1-5H3;2*9-11H,6-8H2,1-5H3. The van der Waals surface area contributed by atoms with E-state index >= 15 is 0 Å². The molecule has 0 bridgehead atoms. The maximum Gasteiger partial charge on any atom is -0.0246 e. The van der Waals surface area contributed by atoms with E-state index in [9.17, 15) is 0 Å². The Morgan fingerprint density at radius 2 is 0.611 bits per heavy atom. The lowest BCUT2D eigenvalue weighted by molar-refractivity contribution is -0.0159. The normalized spacial score (nSPS) is 30.5. The van der Waals surface area contributed by atoms with E-state index in [1.54, 1.807) is 0 Å². The average Bonchev–Trinajstić information content (AvgIpc) is 1.36. The zero-order valence-corrected chi connectivity index (χ0v) is 69.9. The Morgan fingerprint density at radius 3 is 0.922 bits per heavy atom. The van der Waals surface area contributed by atoms with Gasteiger partial charge >= 0.3 is 0 Å². The van der Waals surface area contributed by atoms with Crippen molar-refractivity contribution in [3.05, 3.63) is 0 Å². The SMILES string of the molecule is CC1CCC(C(C)(C)C(C)C)C1C.CC1CCC(C(C)(C)C(C)C)CC1.CC1CCCC(C(C)(C)C(C)C)C1.CC1CCCC1C(C)(C)C(C)C.CC1CCCC1C(C)(C)C(C)C.CC1CCCCC1C(C)(C)C(C)C.CCC1(C(C)(C)C(C)C)CCCCC1. The van der Waals surface area contributed by atoms with Crippen LogP contribution in [0.1, 0.15) is 416 Å². The van der Waals surface area contributed by atoms with Crippen molar-refractivity contribution < 1.29 is 0 Å². The van der Waals surface area contributed by atoms with E-state index in [2.05, 4.69) is 249 Å². The summed E-state index contributed by atoms with van der Waals surface area (Å²) in [6, 6.07) is 0. The minimum Gasteiger partial charge on any atom is -0.0648 e. The highest BCUT2D eigenvalue weighted by atomic mass is 14.5. The van der Waals surface area contributed by atoms with Crippen molar-refractivity contribution in [2.24, 2.45) is 162 Å². The van der Waals surface area contributed by atoms with Gasteiger partial charge in [-0.25, -0.2) is 0 Å². The van der Waals surface area contributed by atoms with Crippen LogP contribution in [-0.2, 0) is 0 Å². The van der Waals surface area contributed by atoms with Crippen LogP contribution in [-0.4, -0.2) is 0 Å². The molecule has 90 heavy (non-hydrogen) atoms. The second kappa shape index (κ2) is 38.4. The molecule has 0 N–H and O–H groups in total. The first-order valence-corrected chi connectivity index (χ1v) is 41.1. The smallest absolute Gasteiger partial charge is 0.0246 e. The molecule has 540 valence electrons. The molecule has 0 heteroatoms. The van der Waals surface area contributed by atoms with Gasteiger partial charge in [-0.1, -0.05) is 346 Å². The largest absolute Gasteiger partial charge is 0.0648 e. The third-order valence-corrected chi connectivity index (χ3v) is 32.4. The van der Waals surface area contributed by atoms with Crippen LogP contribution in [0.2, 0.25) is 0 Å². The molecule has 7 saturated carbocycles. The second-order valence-corrected chi connectivity index (χ2v) is 40.8. The summed E-state index contributed by atoms with van der Waals surface area (Å²) in [6.07, 6.45) is 37.9. The van der Waals surface area contributed by atoms with Gasteiger partial charge in [-0.05, 0) is 232 Å². The lowest BCUT2D eigenvalue weighted by atomic mass is 9.53. The first-order valence-electron chi connectivity index (χ1n) is 41.1. The third-order valence-electron chi connectivity index (χ3n) is 32.4. The van der Waals surface area contributed by atoms with Gasteiger partial charge < -0.3 is 0 Å². The van der Waals surface area contributed by atoms with E-state index in [0.29, 0.717) is 43.3 Å². The summed E-state index contributed by atoms with van der Waals surface area (Å²) >= 11 is 0. The van der Waals surface area contributed by atoms with Crippen molar-refractivity contribution in [1.29, 1.82) is 0 Å².